The van der Waals surface area contributed by atoms with Crippen molar-refractivity contribution in [1.29, 1.82) is 0 Å². The zero-order valence-corrected chi connectivity index (χ0v) is 8.75. The lowest BCUT2D eigenvalue weighted by atomic mass is 10.0. The van der Waals surface area contributed by atoms with E-state index in [0.29, 0.717) is 6.54 Å². The Morgan fingerprint density at radius 2 is 2.36 bits per heavy atom. The van der Waals surface area contributed by atoms with Gasteiger partial charge in [-0.1, -0.05) is 32.2 Å². The average molecular weight is 197 g/mol. The summed E-state index contributed by atoms with van der Waals surface area (Å²) in [7, 11) is 0. The Balaban J connectivity index is 2.40. The number of amides is 1. The lowest BCUT2D eigenvalue weighted by Crippen LogP contribution is -2.51. The first-order valence-electron chi connectivity index (χ1n) is 5.12. The fourth-order valence-corrected chi connectivity index (χ4v) is 1.48. The Labute approximate surface area is 84.4 Å². The van der Waals surface area contributed by atoms with Crippen LogP contribution in [-0.4, -0.2) is 30.3 Å². The second-order valence-corrected chi connectivity index (χ2v) is 3.69. The van der Waals surface area contributed by atoms with Crippen LogP contribution < -0.4 is 5.32 Å². The van der Waals surface area contributed by atoms with Crippen LogP contribution in [0.2, 0.25) is 0 Å². The fourth-order valence-electron chi connectivity index (χ4n) is 1.48. The maximum atomic E-state index is 11.5. The van der Waals surface area contributed by atoms with Crippen LogP contribution >= 0.6 is 0 Å². The molecule has 0 saturated carbocycles. The zero-order valence-electron chi connectivity index (χ0n) is 8.75. The Hall–Kier alpha value is -0.900. The summed E-state index contributed by atoms with van der Waals surface area (Å²) in [5.74, 6) is -0.110. The van der Waals surface area contributed by atoms with Gasteiger partial charge in [0, 0.05) is 0 Å². The monoisotopic (exact) mass is 197 g/mol. The standard InChI is InChI=1S/C10H17N2O2/c1-3-4-5-8-10(14)12-9(6-11-8)7(2)13/h8-9H,3-6H2,1-2H3,(H,12,14)/q-1/t8?,9-/m1/s1. The first-order chi connectivity index (χ1) is 6.65. The molecule has 4 nitrogen and oxygen atoms in total. The van der Waals surface area contributed by atoms with Crippen LogP contribution in [-0.2, 0) is 9.59 Å². The van der Waals surface area contributed by atoms with Crippen LogP contribution in [0.15, 0.2) is 0 Å². The lowest BCUT2D eigenvalue weighted by Gasteiger charge is -2.40. The number of ketones is 1. The van der Waals surface area contributed by atoms with E-state index in [0.717, 1.165) is 19.3 Å². The predicted molar refractivity (Wildman–Crippen MR) is 54.2 cm³/mol. The van der Waals surface area contributed by atoms with Crippen LogP contribution in [0, 0.1) is 0 Å². The van der Waals surface area contributed by atoms with Gasteiger partial charge < -0.3 is 10.6 Å². The molecule has 0 aromatic heterocycles. The second-order valence-electron chi connectivity index (χ2n) is 3.69. The van der Waals surface area contributed by atoms with Crippen molar-refractivity contribution >= 4 is 11.7 Å². The van der Waals surface area contributed by atoms with Crippen LogP contribution in [0.5, 0.6) is 0 Å². The highest BCUT2D eigenvalue weighted by molar-refractivity contribution is 5.93. The molecular formula is C10H17N2O2-. The van der Waals surface area contributed by atoms with Gasteiger partial charge in [-0.2, -0.15) is 0 Å². The SMILES string of the molecule is CCCCC1[N-]C[C@H](C(C)=O)NC1=O. The van der Waals surface area contributed by atoms with Gasteiger partial charge in [-0.15, -0.1) is 6.54 Å². The molecule has 80 valence electrons. The van der Waals surface area contributed by atoms with Crippen molar-refractivity contribution < 1.29 is 9.59 Å². The molecule has 0 aromatic carbocycles. The van der Waals surface area contributed by atoms with Crippen LogP contribution in [0.3, 0.4) is 0 Å². The minimum Gasteiger partial charge on any atom is -0.650 e. The summed E-state index contributed by atoms with van der Waals surface area (Å²) in [5, 5.41) is 6.91. The third-order valence-corrected chi connectivity index (χ3v) is 2.45. The van der Waals surface area contributed by atoms with E-state index >= 15 is 0 Å². The second kappa shape index (κ2) is 5.10. The Kier molecular flexibility index (Phi) is 4.07. The summed E-state index contributed by atoms with van der Waals surface area (Å²) in [6.45, 7) is 4.00. The molecule has 0 aliphatic carbocycles. The van der Waals surface area contributed by atoms with Crippen molar-refractivity contribution in [1.82, 2.24) is 5.32 Å². The van der Waals surface area contributed by atoms with Gasteiger partial charge in [0.15, 0.2) is 0 Å². The summed E-state index contributed by atoms with van der Waals surface area (Å²) < 4.78 is 0. The third-order valence-electron chi connectivity index (χ3n) is 2.45. The van der Waals surface area contributed by atoms with Crippen molar-refractivity contribution in [2.45, 2.75) is 45.2 Å². The molecule has 0 aromatic rings. The molecule has 1 N–H and O–H groups in total. The number of nitrogens with one attached hydrogen (secondary N) is 1. The molecular weight excluding hydrogens is 180 g/mol. The fraction of sp³-hybridized carbons (Fsp3) is 0.800. The maximum Gasteiger partial charge on any atom is 0.202 e. The van der Waals surface area contributed by atoms with Gasteiger partial charge in [-0.25, -0.2) is 0 Å². The quantitative estimate of drug-likeness (QED) is 0.731. The van der Waals surface area contributed by atoms with Crippen molar-refractivity contribution in [2.75, 3.05) is 6.54 Å². The first-order valence-corrected chi connectivity index (χ1v) is 5.12. The normalized spacial score (nSPS) is 27.1. The smallest absolute Gasteiger partial charge is 0.202 e. The van der Waals surface area contributed by atoms with Crippen molar-refractivity contribution in [3.63, 3.8) is 0 Å². The lowest BCUT2D eigenvalue weighted by molar-refractivity contribution is -0.128. The molecule has 1 aliphatic rings. The van der Waals surface area contributed by atoms with Crippen LogP contribution in [0.25, 0.3) is 5.32 Å². The molecule has 1 amide bonds. The van der Waals surface area contributed by atoms with Gasteiger partial charge in [0.25, 0.3) is 0 Å². The minimum absolute atomic E-state index is 0.0176. The van der Waals surface area contributed by atoms with E-state index in [1.807, 2.05) is 0 Å². The van der Waals surface area contributed by atoms with E-state index in [-0.39, 0.29) is 23.8 Å². The summed E-state index contributed by atoms with van der Waals surface area (Å²) in [5.41, 5.74) is 0. The van der Waals surface area contributed by atoms with E-state index in [9.17, 15) is 9.59 Å². The number of hydrogen-bond donors (Lipinski definition) is 1. The predicted octanol–water partition coefficient (Wildman–Crippen LogP) is 1.01. The number of Topliss-reactive ketones (excluding diaryl/α,β-unsaturated/α-hetero) is 1. The molecule has 1 rings (SSSR count). The van der Waals surface area contributed by atoms with Crippen molar-refractivity contribution in [2.24, 2.45) is 0 Å². The van der Waals surface area contributed by atoms with Gasteiger partial charge in [-0.05, 0) is 6.92 Å². The number of unbranched alkanes of at least 4 members (excludes halogenated alkanes) is 1. The highest BCUT2D eigenvalue weighted by Crippen LogP contribution is 2.15. The average Bonchev–Trinajstić information content (AvgIpc) is 2.15. The highest BCUT2D eigenvalue weighted by atomic mass is 16.2. The molecule has 1 aliphatic heterocycles. The van der Waals surface area contributed by atoms with E-state index in [4.69, 9.17) is 0 Å². The van der Waals surface area contributed by atoms with Crippen LogP contribution in [0.1, 0.15) is 33.1 Å². The molecule has 0 bridgehead atoms. The molecule has 1 unspecified atom stereocenters. The van der Waals surface area contributed by atoms with E-state index in [1.54, 1.807) is 0 Å². The summed E-state index contributed by atoms with van der Waals surface area (Å²) in [4.78, 5) is 22.4. The Bertz CT molecular complexity index is 228. The van der Waals surface area contributed by atoms with Gasteiger partial charge in [-0.3, -0.25) is 9.59 Å². The van der Waals surface area contributed by atoms with Crippen molar-refractivity contribution in [3.8, 4) is 0 Å². The summed E-state index contributed by atoms with van der Waals surface area (Å²) in [6.07, 6.45) is 2.87. The maximum absolute atomic E-state index is 11.5. The summed E-state index contributed by atoms with van der Waals surface area (Å²) >= 11 is 0. The number of carbonyl (C=O) groups excluding carboxylic acids is 2. The molecule has 4 heteroatoms. The topological polar surface area (TPSA) is 60.3 Å². The molecule has 1 heterocycles. The number of carbonyl (C=O) groups is 2. The molecule has 14 heavy (non-hydrogen) atoms. The van der Waals surface area contributed by atoms with E-state index < -0.39 is 0 Å². The highest BCUT2D eigenvalue weighted by Gasteiger charge is 2.21. The molecule has 0 radical (unpaired) electrons. The van der Waals surface area contributed by atoms with Gasteiger partial charge in [0.1, 0.15) is 5.78 Å². The van der Waals surface area contributed by atoms with E-state index in [2.05, 4.69) is 17.6 Å². The zero-order chi connectivity index (χ0) is 10.6. The largest absolute Gasteiger partial charge is 0.650 e. The van der Waals surface area contributed by atoms with Gasteiger partial charge >= 0.3 is 0 Å². The molecule has 2 atom stereocenters. The van der Waals surface area contributed by atoms with E-state index in [1.165, 1.54) is 6.92 Å². The van der Waals surface area contributed by atoms with Gasteiger partial charge in [0.05, 0.1) is 6.04 Å². The minimum atomic E-state index is -0.389. The van der Waals surface area contributed by atoms with Crippen molar-refractivity contribution in [3.05, 3.63) is 5.32 Å². The Morgan fingerprint density at radius 1 is 1.64 bits per heavy atom. The number of nitrogens with zero attached hydrogens (tertiary/aromatic N) is 1. The number of rotatable bonds is 4. The molecule has 1 fully saturated rings. The Morgan fingerprint density at radius 3 is 2.86 bits per heavy atom. The first kappa shape index (κ1) is 11.2. The molecule has 0 spiro atoms. The third kappa shape index (κ3) is 2.80. The molecule has 1 saturated heterocycles. The number of piperazine rings is 1. The van der Waals surface area contributed by atoms with Gasteiger partial charge in [0.2, 0.25) is 5.91 Å². The number of hydrogen-bond acceptors (Lipinski definition) is 2. The van der Waals surface area contributed by atoms with Crippen LogP contribution in [0.4, 0.5) is 0 Å². The summed E-state index contributed by atoms with van der Waals surface area (Å²) in [6, 6.07) is -0.620.